The van der Waals surface area contributed by atoms with Crippen molar-refractivity contribution in [3.05, 3.63) is 59.7 Å². The number of benzene rings is 1. The van der Waals surface area contributed by atoms with Gasteiger partial charge in [0.25, 0.3) is 5.91 Å². The minimum atomic E-state index is -0.582. The van der Waals surface area contributed by atoms with E-state index in [9.17, 15) is 14.0 Å². The summed E-state index contributed by atoms with van der Waals surface area (Å²) in [6.45, 7) is 6.37. The molecule has 31 heavy (non-hydrogen) atoms. The van der Waals surface area contributed by atoms with E-state index in [1.807, 2.05) is 36.9 Å². The molecule has 7 heteroatoms. The van der Waals surface area contributed by atoms with E-state index in [1.54, 1.807) is 17.0 Å². The van der Waals surface area contributed by atoms with Gasteiger partial charge in [-0.1, -0.05) is 25.5 Å². The molecule has 1 heterocycles. The standard InChI is InChI=1S/C24H34FN3O3/c1-4-6-15-27(18-20-11-9-14-26(20)3)23(29)19-28(16-10-17-31-5-2)24(30)21-12-7-8-13-22(21)25/h7-9,11-14H,4-6,10,15-19H2,1-3H3. The fourth-order valence-corrected chi connectivity index (χ4v) is 3.32. The maximum absolute atomic E-state index is 14.2. The predicted octanol–water partition coefficient (Wildman–Crippen LogP) is 3.86. The summed E-state index contributed by atoms with van der Waals surface area (Å²) >= 11 is 0. The Morgan fingerprint density at radius 2 is 1.77 bits per heavy atom. The number of hydrogen-bond acceptors (Lipinski definition) is 3. The van der Waals surface area contributed by atoms with E-state index >= 15 is 0 Å². The molecule has 0 radical (unpaired) electrons. The highest BCUT2D eigenvalue weighted by Crippen LogP contribution is 2.13. The molecule has 0 N–H and O–H groups in total. The molecule has 0 spiro atoms. The van der Waals surface area contributed by atoms with Gasteiger partial charge in [-0.25, -0.2) is 4.39 Å². The van der Waals surface area contributed by atoms with Gasteiger partial charge in [0.2, 0.25) is 5.91 Å². The number of carbonyl (C=O) groups excluding carboxylic acids is 2. The van der Waals surface area contributed by atoms with Crippen LogP contribution in [0.3, 0.4) is 0 Å². The summed E-state index contributed by atoms with van der Waals surface area (Å²) < 4.78 is 21.6. The van der Waals surface area contributed by atoms with Crippen LogP contribution in [-0.4, -0.2) is 59.0 Å². The Labute approximate surface area is 184 Å². The maximum Gasteiger partial charge on any atom is 0.257 e. The molecule has 0 saturated carbocycles. The van der Waals surface area contributed by atoms with E-state index in [4.69, 9.17) is 4.74 Å². The van der Waals surface area contributed by atoms with Gasteiger partial charge in [0, 0.05) is 45.2 Å². The Hall–Kier alpha value is -2.67. The third kappa shape index (κ3) is 7.51. The number of ether oxygens (including phenoxy) is 1. The van der Waals surface area contributed by atoms with Crippen molar-refractivity contribution in [2.75, 3.05) is 32.8 Å². The second-order valence-electron chi connectivity index (χ2n) is 7.54. The van der Waals surface area contributed by atoms with E-state index in [1.165, 1.54) is 17.0 Å². The lowest BCUT2D eigenvalue weighted by Crippen LogP contribution is -2.44. The van der Waals surface area contributed by atoms with Gasteiger partial charge in [0.1, 0.15) is 12.4 Å². The largest absolute Gasteiger partial charge is 0.382 e. The number of unbranched alkanes of at least 4 members (excludes halogenated alkanes) is 1. The molecule has 0 saturated heterocycles. The van der Waals surface area contributed by atoms with Crippen LogP contribution in [0.15, 0.2) is 42.6 Å². The Morgan fingerprint density at radius 3 is 2.42 bits per heavy atom. The first-order chi connectivity index (χ1) is 15.0. The molecule has 1 aromatic heterocycles. The third-order valence-electron chi connectivity index (χ3n) is 5.18. The summed E-state index contributed by atoms with van der Waals surface area (Å²) in [6.07, 6.45) is 4.36. The molecular weight excluding hydrogens is 397 g/mol. The Balaban J connectivity index is 2.16. The van der Waals surface area contributed by atoms with Crippen LogP contribution in [0.1, 0.15) is 49.2 Å². The van der Waals surface area contributed by atoms with E-state index in [0.717, 1.165) is 18.5 Å². The number of rotatable bonds is 13. The van der Waals surface area contributed by atoms with Crippen LogP contribution < -0.4 is 0 Å². The van der Waals surface area contributed by atoms with Crippen LogP contribution in [0, 0.1) is 5.82 Å². The minimum absolute atomic E-state index is 0.0192. The molecule has 0 aliphatic carbocycles. The summed E-state index contributed by atoms with van der Waals surface area (Å²) in [5, 5.41) is 0. The molecule has 0 fully saturated rings. The smallest absolute Gasteiger partial charge is 0.257 e. The monoisotopic (exact) mass is 431 g/mol. The SMILES string of the molecule is CCCCN(Cc1cccn1C)C(=O)CN(CCCOCC)C(=O)c1ccccc1F. The highest BCUT2D eigenvalue weighted by molar-refractivity contribution is 5.96. The highest BCUT2D eigenvalue weighted by atomic mass is 19.1. The summed E-state index contributed by atoms with van der Waals surface area (Å²) in [7, 11) is 1.94. The summed E-state index contributed by atoms with van der Waals surface area (Å²) in [5.74, 6) is -1.20. The molecule has 1 aromatic carbocycles. The lowest BCUT2D eigenvalue weighted by molar-refractivity contribution is -0.132. The van der Waals surface area contributed by atoms with Crippen molar-refractivity contribution < 1.29 is 18.7 Å². The van der Waals surface area contributed by atoms with Gasteiger partial charge in [-0.3, -0.25) is 9.59 Å². The number of amides is 2. The van der Waals surface area contributed by atoms with E-state index in [2.05, 4.69) is 6.92 Å². The van der Waals surface area contributed by atoms with Crippen molar-refractivity contribution in [1.29, 1.82) is 0 Å². The van der Waals surface area contributed by atoms with Crippen LogP contribution in [0.4, 0.5) is 4.39 Å². The zero-order chi connectivity index (χ0) is 22.6. The van der Waals surface area contributed by atoms with E-state index in [-0.39, 0.29) is 18.0 Å². The second kappa shape index (κ2) is 12.9. The number of aryl methyl sites for hydroxylation is 1. The summed E-state index contributed by atoms with van der Waals surface area (Å²) in [6, 6.07) is 9.81. The number of hydrogen-bond donors (Lipinski definition) is 0. The van der Waals surface area contributed by atoms with Gasteiger partial charge in [0.15, 0.2) is 0 Å². The van der Waals surface area contributed by atoms with Gasteiger partial charge >= 0.3 is 0 Å². The molecule has 0 aliphatic rings. The molecule has 6 nitrogen and oxygen atoms in total. The average molecular weight is 432 g/mol. The fraction of sp³-hybridized carbons (Fsp3) is 0.500. The lowest BCUT2D eigenvalue weighted by Gasteiger charge is -2.28. The van der Waals surface area contributed by atoms with Crippen molar-refractivity contribution in [3.63, 3.8) is 0 Å². The molecule has 2 aromatic rings. The van der Waals surface area contributed by atoms with Gasteiger partial charge in [0.05, 0.1) is 12.1 Å². The lowest BCUT2D eigenvalue weighted by atomic mass is 10.1. The zero-order valence-electron chi connectivity index (χ0n) is 18.8. The molecule has 170 valence electrons. The van der Waals surface area contributed by atoms with Gasteiger partial charge in [-0.05, 0) is 44.0 Å². The molecule has 0 atom stereocenters. The van der Waals surface area contributed by atoms with Crippen LogP contribution in [-0.2, 0) is 23.1 Å². The first kappa shape index (κ1) is 24.6. The first-order valence-electron chi connectivity index (χ1n) is 11.0. The molecular formula is C24H34FN3O3. The van der Waals surface area contributed by atoms with Gasteiger partial charge in [-0.2, -0.15) is 0 Å². The molecule has 0 aliphatic heterocycles. The predicted molar refractivity (Wildman–Crippen MR) is 119 cm³/mol. The number of halogens is 1. The number of aromatic nitrogens is 1. The zero-order valence-corrected chi connectivity index (χ0v) is 18.8. The van der Waals surface area contributed by atoms with Crippen molar-refractivity contribution in [3.8, 4) is 0 Å². The van der Waals surface area contributed by atoms with Crippen LogP contribution in [0.5, 0.6) is 0 Å². The quantitative estimate of drug-likeness (QED) is 0.453. The Kier molecular flexibility index (Phi) is 10.2. The Morgan fingerprint density at radius 1 is 1.03 bits per heavy atom. The van der Waals surface area contributed by atoms with Crippen molar-refractivity contribution in [2.45, 2.75) is 39.7 Å². The minimum Gasteiger partial charge on any atom is -0.382 e. The van der Waals surface area contributed by atoms with Crippen molar-refractivity contribution >= 4 is 11.8 Å². The van der Waals surface area contributed by atoms with Crippen LogP contribution in [0.25, 0.3) is 0 Å². The van der Waals surface area contributed by atoms with Crippen molar-refractivity contribution in [1.82, 2.24) is 14.4 Å². The summed E-state index contributed by atoms with van der Waals surface area (Å²) in [5.41, 5.74) is 1.00. The summed E-state index contributed by atoms with van der Waals surface area (Å²) in [4.78, 5) is 29.5. The third-order valence-corrected chi connectivity index (χ3v) is 5.18. The molecule has 0 unspecified atom stereocenters. The van der Waals surface area contributed by atoms with E-state index in [0.29, 0.717) is 39.3 Å². The topological polar surface area (TPSA) is 54.8 Å². The van der Waals surface area contributed by atoms with Gasteiger partial charge < -0.3 is 19.1 Å². The fourth-order valence-electron chi connectivity index (χ4n) is 3.32. The maximum atomic E-state index is 14.2. The number of nitrogens with zero attached hydrogens (tertiary/aromatic N) is 3. The Bertz CT molecular complexity index is 837. The average Bonchev–Trinajstić information content (AvgIpc) is 3.17. The van der Waals surface area contributed by atoms with Crippen molar-refractivity contribution in [2.24, 2.45) is 7.05 Å². The van der Waals surface area contributed by atoms with Crippen LogP contribution >= 0.6 is 0 Å². The van der Waals surface area contributed by atoms with Crippen LogP contribution in [0.2, 0.25) is 0 Å². The highest BCUT2D eigenvalue weighted by Gasteiger charge is 2.24. The normalized spacial score (nSPS) is 10.8. The molecule has 0 bridgehead atoms. The van der Waals surface area contributed by atoms with E-state index < -0.39 is 11.7 Å². The second-order valence-corrected chi connectivity index (χ2v) is 7.54. The molecule has 2 amide bonds. The van der Waals surface area contributed by atoms with Gasteiger partial charge in [-0.15, -0.1) is 0 Å². The first-order valence-corrected chi connectivity index (χ1v) is 11.0. The number of carbonyl (C=O) groups is 2. The molecule has 2 rings (SSSR count).